The molecule has 0 spiro atoms. The van der Waals surface area contributed by atoms with Crippen LogP contribution in [0.5, 0.6) is 0 Å². The Morgan fingerprint density at radius 2 is 1.97 bits per heavy atom. The quantitative estimate of drug-likeness (QED) is 0.346. The predicted octanol–water partition coefficient (Wildman–Crippen LogP) is 4.07. The molecule has 0 saturated carbocycles. The van der Waals surface area contributed by atoms with E-state index in [0.717, 1.165) is 10.5 Å². The molecule has 2 aromatic carbocycles. The van der Waals surface area contributed by atoms with Crippen molar-refractivity contribution in [3.05, 3.63) is 67.6 Å². The van der Waals surface area contributed by atoms with E-state index in [-0.39, 0.29) is 10.6 Å². The number of non-ortho nitro benzene ring substituents is 1. The molecular weight excluding hydrogens is 496 g/mol. The van der Waals surface area contributed by atoms with Crippen LogP contribution in [-0.2, 0) is 14.3 Å². The SMILES string of the molecule is Cc1ccc(Cl)cc1NC(=O)CN1C(=O)S/C(=C\c2cc([N+](=O)[O-])ccc2N2CCOCC2)C1=O. The van der Waals surface area contributed by atoms with E-state index in [1.54, 1.807) is 31.2 Å². The zero-order chi connectivity index (χ0) is 25.1. The van der Waals surface area contributed by atoms with Gasteiger partial charge in [0.1, 0.15) is 6.54 Å². The van der Waals surface area contributed by atoms with E-state index in [1.165, 1.54) is 18.2 Å². The highest BCUT2D eigenvalue weighted by molar-refractivity contribution is 8.18. The molecular formula is C23H21ClN4O6S. The van der Waals surface area contributed by atoms with Crippen molar-refractivity contribution in [2.75, 3.05) is 43.1 Å². The van der Waals surface area contributed by atoms with Crippen molar-refractivity contribution >= 4 is 63.6 Å². The molecule has 3 amide bonds. The molecule has 2 heterocycles. The molecule has 2 saturated heterocycles. The molecule has 0 aromatic heterocycles. The Balaban J connectivity index is 1.56. The van der Waals surface area contributed by atoms with E-state index >= 15 is 0 Å². The third-order valence-electron chi connectivity index (χ3n) is 5.51. The van der Waals surface area contributed by atoms with Crippen LogP contribution in [0, 0.1) is 17.0 Å². The number of hydrogen-bond donors (Lipinski definition) is 1. The Morgan fingerprint density at radius 1 is 1.23 bits per heavy atom. The average Bonchev–Trinajstić information content (AvgIpc) is 3.09. The Labute approximate surface area is 210 Å². The van der Waals surface area contributed by atoms with Crippen molar-refractivity contribution in [1.29, 1.82) is 0 Å². The van der Waals surface area contributed by atoms with Gasteiger partial charge in [-0.25, -0.2) is 0 Å². The summed E-state index contributed by atoms with van der Waals surface area (Å²) in [6, 6.07) is 9.40. The van der Waals surface area contributed by atoms with E-state index in [4.69, 9.17) is 16.3 Å². The van der Waals surface area contributed by atoms with Crippen molar-refractivity contribution in [3.63, 3.8) is 0 Å². The maximum atomic E-state index is 13.0. The summed E-state index contributed by atoms with van der Waals surface area (Å²) in [5.41, 5.74) is 2.25. The first-order valence-electron chi connectivity index (χ1n) is 10.7. The van der Waals surface area contributed by atoms with Gasteiger partial charge in [-0.05, 0) is 48.5 Å². The predicted molar refractivity (Wildman–Crippen MR) is 134 cm³/mol. The third kappa shape index (κ3) is 5.64. The van der Waals surface area contributed by atoms with Crippen LogP contribution in [0.4, 0.5) is 21.9 Å². The number of hydrogen-bond acceptors (Lipinski definition) is 8. The van der Waals surface area contributed by atoms with Crippen molar-refractivity contribution in [2.24, 2.45) is 0 Å². The molecule has 2 aromatic rings. The van der Waals surface area contributed by atoms with Gasteiger partial charge in [-0.3, -0.25) is 29.4 Å². The van der Waals surface area contributed by atoms with Crippen LogP contribution in [-0.4, -0.2) is 59.7 Å². The first-order valence-corrected chi connectivity index (χ1v) is 11.8. The van der Waals surface area contributed by atoms with Crippen molar-refractivity contribution in [1.82, 2.24) is 4.90 Å². The molecule has 2 aliphatic rings. The number of anilines is 2. The molecule has 0 radical (unpaired) electrons. The Hall–Kier alpha value is -3.41. The van der Waals surface area contributed by atoms with Gasteiger partial charge < -0.3 is 15.0 Å². The second kappa shape index (κ2) is 10.5. The van der Waals surface area contributed by atoms with Crippen LogP contribution in [0.15, 0.2) is 41.3 Å². The number of nitro groups is 1. The number of nitrogens with one attached hydrogen (secondary N) is 1. The number of aryl methyl sites for hydroxylation is 1. The van der Waals surface area contributed by atoms with Gasteiger partial charge in [0.05, 0.1) is 23.0 Å². The van der Waals surface area contributed by atoms with E-state index in [2.05, 4.69) is 5.32 Å². The molecule has 0 atom stereocenters. The number of benzene rings is 2. The number of thioether (sulfide) groups is 1. The summed E-state index contributed by atoms with van der Waals surface area (Å²) in [5, 5.41) is 13.8. The molecule has 182 valence electrons. The zero-order valence-electron chi connectivity index (χ0n) is 18.7. The van der Waals surface area contributed by atoms with E-state index in [1.807, 2.05) is 4.90 Å². The van der Waals surface area contributed by atoms with Crippen LogP contribution < -0.4 is 10.2 Å². The molecule has 0 unspecified atom stereocenters. The van der Waals surface area contributed by atoms with Gasteiger partial charge in [0.15, 0.2) is 0 Å². The molecule has 10 nitrogen and oxygen atoms in total. The standard InChI is InChI=1S/C23H21ClN4O6S/c1-14-2-3-16(24)12-18(14)25-21(29)13-27-22(30)20(35-23(27)31)11-15-10-17(28(32)33)4-5-19(15)26-6-8-34-9-7-26/h2-5,10-12H,6-9,13H2,1H3,(H,25,29)/b20-11-. The number of morpholine rings is 1. The number of rotatable bonds is 6. The fourth-order valence-corrected chi connectivity index (χ4v) is 4.70. The van der Waals surface area contributed by atoms with E-state index < -0.39 is 28.5 Å². The number of halogens is 1. The fourth-order valence-electron chi connectivity index (χ4n) is 3.70. The number of ether oxygens (including phenoxy) is 1. The molecule has 35 heavy (non-hydrogen) atoms. The van der Waals surface area contributed by atoms with Crippen LogP contribution >= 0.6 is 23.4 Å². The molecule has 2 aliphatic heterocycles. The van der Waals surface area contributed by atoms with Gasteiger partial charge in [0.25, 0.3) is 16.8 Å². The maximum absolute atomic E-state index is 13.0. The summed E-state index contributed by atoms with van der Waals surface area (Å²) < 4.78 is 5.37. The highest BCUT2D eigenvalue weighted by Crippen LogP contribution is 2.35. The summed E-state index contributed by atoms with van der Waals surface area (Å²) in [7, 11) is 0. The van der Waals surface area contributed by atoms with Crippen LogP contribution in [0.3, 0.4) is 0 Å². The number of nitro benzene ring substituents is 1. The first-order chi connectivity index (χ1) is 16.7. The monoisotopic (exact) mass is 516 g/mol. The number of imide groups is 1. The number of carbonyl (C=O) groups is 3. The normalized spacial score (nSPS) is 17.3. The van der Waals surface area contributed by atoms with E-state index in [0.29, 0.717) is 60.0 Å². The molecule has 1 N–H and O–H groups in total. The summed E-state index contributed by atoms with van der Waals surface area (Å²) in [6.07, 6.45) is 1.46. The summed E-state index contributed by atoms with van der Waals surface area (Å²) in [6.45, 7) is 3.51. The molecule has 12 heteroatoms. The van der Waals surface area contributed by atoms with Gasteiger partial charge in [0.2, 0.25) is 5.91 Å². The van der Waals surface area contributed by atoms with Crippen LogP contribution in [0.25, 0.3) is 6.08 Å². The third-order valence-corrected chi connectivity index (χ3v) is 6.65. The lowest BCUT2D eigenvalue weighted by Gasteiger charge is -2.30. The topological polar surface area (TPSA) is 122 Å². The minimum atomic E-state index is -0.641. The first kappa shape index (κ1) is 24.7. The maximum Gasteiger partial charge on any atom is 0.294 e. The lowest BCUT2D eigenvalue weighted by atomic mass is 10.1. The Bertz CT molecular complexity index is 1240. The van der Waals surface area contributed by atoms with Gasteiger partial charge in [-0.1, -0.05) is 17.7 Å². The average molecular weight is 517 g/mol. The second-order valence-electron chi connectivity index (χ2n) is 7.87. The van der Waals surface area contributed by atoms with Crippen molar-refractivity contribution < 1.29 is 24.0 Å². The fraction of sp³-hybridized carbons (Fsp3) is 0.261. The minimum absolute atomic E-state index is 0.0803. The lowest BCUT2D eigenvalue weighted by molar-refractivity contribution is -0.384. The van der Waals surface area contributed by atoms with Gasteiger partial charge in [-0.15, -0.1) is 0 Å². The summed E-state index contributed by atoms with van der Waals surface area (Å²) in [5.74, 6) is -1.19. The van der Waals surface area contributed by atoms with Gasteiger partial charge in [-0.2, -0.15) is 0 Å². The number of nitrogens with zero attached hydrogens (tertiary/aromatic N) is 3. The Morgan fingerprint density at radius 3 is 2.69 bits per heavy atom. The largest absolute Gasteiger partial charge is 0.378 e. The van der Waals surface area contributed by atoms with Crippen molar-refractivity contribution in [3.8, 4) is 0 Å². The highest BCUT2D eigenvalue weighted by atomic mass is 35.5. The Kier molecular flexibility index (Phi) is 7.39. The zero-order valence-corrected chi connectivity index (χ0v) is 20.2. The highest BCUT2D eigenvalue weighted by Gasteiger charge is 2.36. The van der Waals surface area contributed by atoms with E-state index in [9.17, 15) is 24.5 Å². The summed E-state index contributed by atoms with van der Waals surface area (Å²) >= 11 is 6.66. The molecule has 0 bridgehead atoms. The molecule has 0 aliphatic carbocycles. The lowest BCUT2D eigenvalue weighted by Crippen LogP contribution is -2.36. The summed E-state index contributed by atoms with van der Waals surface area (Å²) in [4.78, 5) is 51.8. The van der Waals surface area contributed by atoms with Crippen LogP contribution in [0.2, 0.25) is 5.02 Å². The number of amides is 3. The van der Waals surface area contributed by atoms with Gasteiger partial charge in [0, 0.05) is 47.2 Å². The van der Waals surface area contributed by atoms with Crippen LogP contribution in [0.1, 0.15) is 11.1 Å². The molecule has 2 fully saturated rings. The minimum Gasteiger partial charge on any atom is -0.378 e. The number of carbonyl (C=O) groups excluding carboxylic acids is 3. The smallest absolute Gasteiger partial charge is 0.294 e. The van der Waals surface area contributed by atoms with Gasteiger partial charge >= 0.3 is 0 Å². The molecule has 4 rings (SSSR count). The van der Waals surface area contributed by atoms with Crippen molar-refractivity contribution in [2.45, 2.75) is 6.92 Å². The second-order valence-corrected chi connectivity index (χ2v) is 9.30.